The van der Waals surface area contributed by atoms with Gasteiger partial charge in [0.1, 0.15) is 5.78 Å². The molecule has 0 radical (unpaired) electrons. The third-order valence-electron chi connectivity index (χ3n) is 3.56. The van der Waals surface area contributed by atoms with Crippen LogP contribution in [-0.2, 0) is 23.8 Å². The highest BCUT2D eigenvalue weighted by molar-refractivity contribution is 5.91. The van der Waals surface area contributed by atoms with E-state index in [1.807, 2.05) is 13.8 Å². The minimum atomic E-state index is -0.631. The van der Waals surface area contributed by atoms with Crippen LogP contribution in [0.5, 0.6) is 0 Å². The minimum Gasteiger partial charge on any atom is -0.466 e. The molecule has 0 amide bonds. The lowest BCUT2D eigenvalue weighted by molar-refractivity contribution is -0.149. The van der Waals surface area contributed by atoms with Gasteiger partial charge in [0.25, 0.3) is 0 Å². The fraction of sp³-hybridized carbons (Fsp3) is 0.846. The van der Waals surface area contributed by atoms with Gasteiger partial charge in [-0.15, -0.1) is 0 Å². The summed E-state index contributed by atoms with van der Waals surface area (Å²) < 4.78 is 16.2. The maximum absolute atomic E-state index is 11.8. The van der Waals surface area contributed by atoms with E-state index in [1.54, 1.807) is 6.92 Å². The molecular formula is C13H20O5. The summed E-state index contributed by atoms with van der Waals surface area (Å²) in [5.41, 5.74) is 0. The van der Waals surface area contributed by atoms with Gasteiger partial charge in [-0.25, -0.2) is 0 Å². The second kappa shape index (κ2) is 4.63. The Morgan fingerprint density at radius 1 is 1.33 bits per heavy atom. The number of hydrogen-bond acceptors (Lipinski definition) is 5. The van der Waals surface area contributed by atoms with Gasteiger partial charge in [-0.1, -0.05) is 0 Å². The summed E-state index contributed by atoms with van der Waals surface area (Å²) in [6.45, 7) is 7.70. The third kappa shape index (κ3) is 2.42. The van der Waals surface area contributed by atoms with Crippen molar-refractivity contribution in [3.05, 3.63) is 0 Å². The molecule has 0 aromatic rings. The fourth-order valence-corrected chi connectivity index (χ4v) is 2.77. The first-order valence-electron chi connectivity index (χ1n) is 6.36. The van der Waals surface area contributed by atoms with Gasteiger partial charge in [0.15, 0.2) is 5.79 Å². The molecule has 5 heteroatoms. The first kappa shape index (κ1) is 13.5. The Labute approximate surface area is 107 Å². The fourth-order valence-electron chi connectivity index (χ4n) is 2.77. The highest BCUT2D eigenvalue weighted by Crippen LogP contribution is 2.52. The van der Waals surface area contributed by atoms with E-state index in [-0.39, 0.29) is 35.6 Å². The van der Waals surface area contributed by atoms with Crippen molar-refractivity contribution in [1.82, 2.24) is 0 Å². The molecule has 1 aliphatic heterocycles. The molecule has 0 aromatic heterocycles. The molecule has 0 spiro atoms. The number of esters is 1. The highest BCUT2D eigenvalue weighted by Gasteiger charge is 2.63. The molecule has 4 atom stereocenters. The van der Waals surface area contributed by atoms with Crippen LogP contribution >= 0.6 is 0 Å². The van der Waals surface area contributed by atoms with E-state index < -0.39 is 5.79 Å². The van der Waals surface area contributed by atoms with Crippen molar-refractivity contribution in [2.45, 2.75) is 39.6 Å². The molecule has 0 unspecified atom stereocenters. The molecule has 102 valence electrons. The smallest absolute Gasteiger partial charge is 0.310 e. The van der Waals surface area contributed by atoms with Gasteiger partial charge in [0.05, 0.1) is 25.2 Å². The lowest BCUT2D eigenvalue weighted by Crippen LogP contribution is -2.23. The second-order valence-corrected chi connectivity index (χ2v) is 5.36. The molecule has 0 N–H and O–H groups in total. The van der Waals surface area contributed by atoms with Crippen LogP contribution in [0, 0.1) is 17.8 Å². The SMILES string of the molecule is CCOC(=O)[C@@H]1[C@H](C(C)=O)[C@H]1[C@@H]1COC(C)(C)O1. The Kier molecular flexibility index (Phi) is 3.47. The maximum atomic E-state index is 11.8. The second-order valence-electron chi connectivity index (χ2n) is 5.36. The summed E-state index contributed by atoms with van der Waals surface area (Å²) in [5, 5.41) is 0. The average molecular weight is 256 g/mol. The van der Waals surface area contributed by atoms with Gasteiger partial charge in [0, 0.05) is 11.8 Å². The van der Waals surface area contributed by atoms with Crippen molar-refractivity contribution in [3.63, 3.8) is 0 Å². The van der Waals surface area contributed by atoms with Crippen LogP contribution in [-0.4, -0.2) is 36.9 Å². The maximum Gasteiger partial charge on any atom is 0.310 e. The van der Waals surface area contributed by atoms with E-state index in [2.05, 4.69) is 0 Å². The van der Waals surface area contributed by atoms with Crippen molar-refractivity contribution in [3.8, 4) is 0 Å². The highest BCUT2D eigenvalue weighted by atomic mass is 16.7. The van der Waals surface area contributed by atoms with Crippen molar-refractivity contribution in [2.24, 2.45) is 17.8 Å². The minimum absolute atomic E-state index is 0.0198. The van der Waals surface area contributed by atoms with Crippen LogP contribution in [0.25, 0.3) is 0 Å². The molecule has 2 aliphatic rings. The number of ketones is 1. The Balaban J connectivity index is 2.04. The van der Waals surface area contributed by atoms with Crippen LogP contribution in [0.15, 0.2) is 0 Å². The average Bonchev–Trinajstić information content (AvgIpc) is 2.91. The zero-order chi connectivity index (χ0) is 13.5. The van der Waals surface area contributed by atoms with Crippen LogP contribution in [0.2, 0.25) is 0 Å². The zero-order valence-electron chi connectivity index (χ0n) is 11.3. The molecule has 1 aliphatic carbocycles. The third-order valence-corrected chi connectivity index (χ3v) is 3.56. The van der Waals surface area contributed by atoms with Crippen molar-refractivity contribution < 1.29 is 23.8 Å². The van der Waals surface area contributed by atoms with Gasteiger partial charge < -0.3 is 14.2 Å². The van der Waals surface area contributed by atoms with Crippen molar-refractivity contribution >= 4 is 11.8 Å². The van der Waals surface area contributed by atoms with Gasteiger partial charge in [-0.2, -0.15) is 0 Å². The lowest BCUT2D eigenvalue weighted by atomic mass is 10.1. The molecule has 1 saturated heterocycles. The number of rotatable bonds is 4. The first-order chi connectivity index (χ1) is 8.37. The van der Waals surface area contributed by atoms with Crippen LogP contribution < -0.4 is 0 Å². The van der Waals surface area contributed by atoms with Gasteiger partial charge in [-0.05, 0) is 27.7 Å². The largest absolute Gasteiger partial charge is 0.466 e. The molecule has 5 nitrogen and oxygen atoms in total. The molecule has 18 heavy (non-hydrogen) atoms. The number of carbonyl (C=O) groups is 2. The Morgan fingerprint density at radius 2 is 2.00 bits per heavy atom. The molecule has 2 rings (SSSR count). The van der Waals surface area contributed by atoms with Crippen molar-refractivity contribution in [2.75, 3.05) is 13.2 Å². The number of hydrogen-bond donors (Lipinski definition) is 0. The Bertz CT molecular complexity index is 362. The summed E-state index contributed by atoms with van der Waals surface area (Å²) in [7, 11) is 0. The van der Waals surface area contributed by atoms with E-state index in [9.17, 15) is 9.59 Å². The quantitative estimate of drug-likeness (QED) is 0.706. The van der Waals surface area contributed by atoms with E-state index in [0.29, 0.717) is 13.2 Å². The van der Waals surface area contributed by atoms with Crippen LogP contribution in [0.4, 0.5) is 0 Å². The monoisotopic (exact) mass is 256 g/mol. The van der Waals surface area contributed by atoms with E-state index in [0.717, 1.165) is 0 Å². The van der Waals surface area contributed by atoms with Crippen molar-refractivity contribution in [1.29, 1.82) is 0 Å². The predicted octanol–water partition coefficient (Wildman–Crippen LogP) is 1.15. The topological polar surface area (TPSA) is 61.8 Å². The molecule has 0 bridgehead atoms. The first-order valence-corrected chi connectivity index (χ1v) is 6.36. The number of ether oxygens (including phenoxy) is 3. The number of Topliss-reactive ketones (excluding diaryl/α,β-unsaturated/α-hetero) is 1. The van der Waals surface area contributed by atoms with Crippen LogP contribution in [0.3, 0.4) is 0 Å². The van der Waals surface area contributed by atoms with E-state index in [1.165, 1.54) is 6.92 Å². The Morgan fingerprint density at radius 3 is 2.44 bits per heavy atom. The number of carbonyl (C=O) groups excluding carboxylic acids is 2. The zero-order valence-corrected chi connectivity index (χ0v) is 11.3. The summed E-state index contributed by atoms with van der Waals surface area (Å²) in [5.74, 6) is -1.63. The molecular weight excluding hydrogens is 236 g/mol. The van der Waals surface area contributed by atoms with Gasteiger partial charge in [-0.3, -0.25) is 9.59 Å². The summed E-state index contributed by atoms with van der Waals surface area (Å²) >= 11 is 0. The Hall–Kier alpha value is -0.940. The summed E-state index contributed by atoms with van der Waals surface area (Å²) in [6.07, 6.45) is -0.191. The molecule has 2 fully saturated rings. The molecule has 1 saturated carbocycles. The lowest BCUT2D eigenvalue weighted by Gasteiger charge is -2.17. The van der Waals surface area contributed by atoms with E-state index in [4.69, 9.17) is 14.2 Å². The van der Waals surface area contributed by atoms with Gasteiger partial charge >= 0.3 is 5.97 Å². The summed E-state index contributed by atoms with van der Waals surface area (Å²) in [4.78, 5) is 23.3. The molecule has 0 aromatic carbocycles. The van der Waals surface area contributed by atoms with Gasteiger partial charge in [0.2, 0.25) is 0 Å². The predicted molar refractivity (Wildman–Crippen MR) is 62.7 cm³/mol. The van der Waals surface area contributed by atoms with E-state index >= 15 is 0 Å². The normalized spacial score (nSPS) is 37.3. The summed E-state index contributed by atoms with van der Waals surface area (Å²) in [6, 6.07) is 0. The van der Waals surface area contributed by atoms with Crippen LogP contribution in [0.1, 0.15) is 27.7 Å². The molecule has 1 heterocycles. The standard InChI is InChI=1S/C13H20O5/c1-5-16-12(15)11-9(7(2)14)10(11)8-6-17-13(3,4)18-8/h8-11H,5-6H2,1-4H3/t8-,9+,10+,11+/m0/s1.